The maximum atomic E-state index is 11.8. The zero-order valence-corrected chi connectivity index (χ0v) is 9.90. The van der Waals surface area contributed by atoms with Gasteiger partial charge in [0.1, 0.15) is 0 Å². The summed E-state index contributed by atoms with van der Waals surface area (Å²) in [4.78, 5) is 11.8. The molecule has 0 bridgehead atoms. The Morgan fingerprint density at radius 1 is 1.31 bits per heavy atom. The Labute approximate surface area is 96.9 Å². The molecule has 86 valence electrons. The van der Waals surface area contributed by atoms with Crippen molar-refractivity contribution in [1.29, 1.82) is 0 Å². The Morgan fingerprint density at radius 2 is 2.00 bits per heavy atom. The first-order valence-electron chi connectivity index (χ1n) is 5.62. The molecule has 0 atom stereocenters. The van der Waals surface area contributed by atoms with Gasteiger partial charge < -0.3 is 4.74 Å². The molecular weight excluding hydrogens is 200 g/mol. The second-order valence-electron chi connectivity index (χ2n) is 3.65. The van der Waals surface area contributed by atoms with Crippen LogP contribution < -0.4 is 0 Å². The molecule has 0 spiro atoms. The van der Waals surface area contributed by atoms with Crippen molar-refractivity contribution < 1.29 is 9.53 Å². The molecule has 16 heavy (non-hydrogen) atoms. The highest BCUT2D eigenvalue weighted by molar-refractivity contribution is 6.04. The molecule has 0 N–H and O–H groups in total. The molecule has 2 heteroatoms. The van der Waals surface area contributed by atoms with Crippen molar-refractivity contribution in [3.63, 3.8) is 0 Å². The van der Waals surface area contributed by atoms with E-state index in [0.717, 1.165) is 25.0 Å². The minimum atomic E-state index is 0.00792. The van der Waals surface area contributed by atoms with E-state index in [1.54, 1.807) is 13.2 Å². The van der Waals surface area contributed by atoms with Gasteiger partial charge >= 0.3 is 0 Å². The predicted molar refractivity (Wildman–Crippen MR) is 65.4 cm³/mol. The Morgan fingerprint density at radius 3 is 2.56 bits per heavy atom. The second kappa shape index (κ2) is 6.83. The van der Waals surface area contributed by atoms with E-state index in [1.807, 2.05) is 30.3 Å². The van der Waals surface area contributed by atoms with Crippen LogP contribution in [0.1, 0.15) is 36.5 Å². The van der Waals surface area contributed by atoms with Gasteiger partial charge in [0.15, 0.2) is 5.78 Å². The quantitative estimate of drug-likeness (QED) is 0.414. The lowest BCUT2D eigenvalue weighted by Gasteiger charge is -2.04. The summed E-state index contributed by atoms with van der Waals surface area (Å²) in [6, 6.07) is 9.24. The standard InChI is InChI=1S/C14H18O2/c1-3-4-10-13(16-2)11-14(15)12-8-6-5-7-9-12/h5-9,11H,3-4,10H2,1-2H3/b13-11+. The summed E-state index contributed by atoms with van der Waals surface area (Å²) in [5.41, 5.74) is 0.702. The fourth-order valence-electron chi connectivity index (χ4n) is 1.42. The van der Waals surface area contributed by atoms with Crippen LogP contribution in [0.5, 0.6) is 0 Å². The summed E-state index contributed by atoms with van der Waals surface area (Å²) in [6.45, 7) is 2.12. The molecule has 0 aliphatic heterocycles. The molecule has 0 aliphatic rings. The number of carbonyl (C=O) groups excluding carboxylic acids is 1. The van der Waals surface area contributed by atoms with Crippen LogP contribution >= 0.6 is 0 Å². The fourth-order valence-corrected chi connectivity index (χ4v) is 1.42. The van der Waals surface area contributed by atoms with Gasteiger partial charge in [-0.25, -0.2) is 0 Å². The average molecular weight is 218 g/mol. The Bertz CT molecular complexity index is 352. The molecular formula is C14H18O2. The Balaban J connectivity index is 2.70. The third-order valence-corrected chi connectivity index (χ3v) is 2.39. The highest BCUT2D eigenvalue weighted by atomic mass is 16.5. The molecule has 0 aromatic heterocycles. The van der Waals surface area contributed by atoms with Crippen molar-refractivity contribution in [3.05, 3.63) is 47.7 Å². The number of hydrogen-bond donors (Lipinski definition) is 0. The van der Waals surface area contributed by atoms with Gasteiger partial charge in [0.25, 0.3) is 0 Å². The molecule has 0 heterocycles. The minimum Gasteiger partial charge on any atom is -0.501 e. The summed E-state index contributed by atoms with van der Waals surface area (Å²) in [6.07, 6.45) is 4.55. The minimum absolute atomic E-state index is 0.00792. The maximum Gasteiger partial charge on any atom is 0.189 e. The number of hydrogen-bond acceptors (Lipinski definition) is 2. The molecule has 0 unspecified atom stereocenters. The Hall–Kier alpha value is -1.57. The van der Waals surface area contributed by atoms with Gasteiger partial charge in [-0.05, 0) is 6.42 Å². The molecule has 0 fully saturated rings. The van der Waals surface area contributed by atoms with Crippen LogP contribution in [0.2, 0.25) is 0 Å². The lowest BCUT2D eigenvalue weighted by Crippen LogP contribution is -1.98. The van der Waals surface area contributed by atoms with Crippen molar-refractivity contribution in [3.8, 4) is 0 Å². The monoisotopic (exact) mass is 218 g/mol. The molecule has 0 saturated heterocycles. The van der Waals surface area contributed by atoms with Crippen LogP contribution in [-0.4, -0.2) is 12.9 Å². The zero-order valence-electron chi connectivity index (χ0n) is 9.90. The van der Waals surface area contributed by atoms with Crippen molar-refractivity contribution in [2.45, 2.75) is 26.2 Å². The number of ketones is 1. The summed E-state index contributed by atoms with van der Waals surface area (Å²) in [5.74, 6) is 0.768. The van der Waals surface area contributed by atoms with Gasteiger partial charge in [-0.3, -0.25) is 4.79 Å². The van der Waals surface area contributed by atoms with Crippen molar-refractivity contribution in [2.24, 2.45) is 0 Å². The van der Waals surface area contributed by atoms with Crippen LogP contribution in [-0.2, 0) is 4.74 Å². The van der Waals surface area contributed by atoms with E-state index in [2.05, 4.69) is 6.92 Å². The van der Waals surface area contributed by atoms with Gasteiger partial charge in [0.2, 0.25) is 0 Å². The molecule has 1 aromatic carbocycles. The lowest BCUT2D eigenvalue weighted by molar-refractivity contribution is 0.104. The van der Waals surface area contributed by atoms with Crippen LogP contribution in [0.4, 0.5) is 0 Å². The van der Waals surface area contributed by atoms with E-state index in [-0.39, 0.29) is 5.78 Å². The van der Waals surface area contributed by atoms with Gasteiger partial charge in [-0.2, -0.15) is 0 Å². The largest absolute Gasteiger partial charge is 0.501 e. The first kappa shape index (κ1) is 12.5. The summed E-state index contributed by atoms with van der Waals surface area (Å²) < 4.78 is 5.18. The van der Waals surface area contributed by atoms with Crippen molar-refractivity contribution >= 4 is 5.78 Å². The number of unbranched alkanes of at least 4 members (excludes halogenated alkanes) is 1. The predicted octanol–water partition coefficient (Wildman–Crippen LogP) is 3.59. The zero-order chi connectivity index (χ0) is 11.8. The van der Waals surface area contributed by atoms with Crippen LogP contribution in [0.3, 0.4) is 0 Å². The normalized spacial score (nSPS) is 11.2. The van der Waals surface area contributed by atoms with E-state index < -0.39 is 0 Å². The van der Waals surface area contributed by atoms with Gasteiger partial charge in [0, 0.05) is 18.1 Å². The third-order valence-electron chi connectivity index (χ3n) is 2.39. The molecule has 1 aromatic rings. The average Bonchev–Trinajstić information content (AvgIpc) is 2.35. The molecule has 0 radical (unpaired) electrons. The number of benzene rings is 1. The van der Waals surface area contributed by atoms with Gasteiger partial charge in [-0.15, -0.1) is 0 Å². The number of rotatable bonds is 6. The second-order valence-corrected chi connectivity index (χ2v) is 3.65. The van der Waals surface area contributed by atoms with E-state index in [9.17, 15) is 4.79 Å². The molecule has 0 aliphatic carbocycles. The van der Waals surface area contributed by atoms with Crippen molar-refractivity contribution in [1.82, 2.24) is 0 Å². The van der Waals surface area contributed by atoms with Gasteiger partial charge in [-0.1, -0.05) is 43.7 Å². The summed E-state index contributed by atoms with van der Waals surface area (Å²) >= 11 is 0. The maximum absolute atomic E-state index is 11.8. The van der Waals surface area contributed by atoms with Crippen LogP contribution in [0.25, 0.3) is 0 Å². The summed E-state index contributed by atoms with van der Waals surface area (Å²) in [5, 5.41) is 0. The number of carbonyl (C=O) groups is 1. The summed E-state index contributed by atoms with van der Waals surface area (Å²) in [7, 11) is 1.61. The number of ether oxygens (including phenoxy) is 1. The van der Waals surface area contributed by atoms with E-state index in [0.29, 0.717) is 5.56 Å². The highest BCUT2D eigenvalue weighted by Crippen LogP contribution is 2.10. The first-order valence-corrected chi connectivity index (χ1v) is 5.62. The Kier molecular flexibility index (Phi) is 5.34. The topological polar surface area (TPSA) is 26.3 Å². The SMILES string of the molecule is CCCC/C(=C\C(=O)c1ccccc1)OC. The van der Waals surface area contributed by atoms with E-state index in [1.165, 1.54) is 0 Å². The van der Waals surface area contributed by atoms with E-state index >= 15 is 0 Å². The lowest BCUT2D eigenvalue weighted by atomic mass is 10.1. The molecule has 1 rings (SSSR count). The number of methoxy groups -OCH3 is 1. The van der Waals surface area contributed by atoms with Crippen LogP contribution in [0, 0.1) is 0 Å². The van der Waals surface area contributed by atoms with Crippen LogP contribution in [0.15, 0.2) is 42.2 Å². The van der Waals surface area contributed by atoms with Crippen molar-refractivity contribution in [2.75, 3.05) is 7.11 Å². The number of allylic oxidation sites excluding steroid dienone is 2. The fraction of sp³-hybridized carbons (Fsp3) is 0.357. The smallest absolute Gasteiger partial charge is 0.189 e. The molecule has 0 saturated carbocycles. The highest BCUT2D eigenvalue weighted by Gasteiger charge is 2.04. The van der Waals surface area contributed by atoms with E-state index in [4.69, 9.17) is 4.74 Å². The molecule has 2 nitrogen and oxygen atoms in total. The van der Waals surface area contributed by atoms with Gasteiger partial charge in [0.05, 0.1) is 12.9 Å². The third kappa shape index (κ3) is 3.89. The molecule has 0 amide bonds. The first-order chi connectivity index (χ1) is 7.77.